The van der Waals surface area contributed by atoms with Gasteiger partial charge in [-0.3, -0.25) is 0 Å². The van der Waals surface area contributed by atoms with Crippen LogP contribution < -0.4 is 5.32 Å². The maximum atomic E-state index is 13.9. The van der Waals surface area contributed by atoms with Gasteiger partial charge in [0.05, 0.1) is 12.2 Å². The van der Waals surface area contributed by atoms with E-state index in [1.54, 1.807) is 6.07 Å². The lowest BCUT2D eigenvalue weighted by Gasteiger charge is -2.07. The zero-order chi connectivity index (χ0) is 13.3. The maximum absolute atomic E-state index is 13.9. The Kier molecular flexibility index (Phi) is 4.04. The van der Waals surface area contributed by atoms with Crippen molar-refractivity contribution in [3.05, 3.63) is 39.5 Å². The van der Waals surface area contributed by atoms with E-state index in [9.17, 15) is 4.39 Å². The van der Waals surface area contributed by atoms with E-state index < -0.39 is 0 Å². The topological polar surface area (TPSA) is 29.9 Å². The standard InChI is InChI=1S/C12H12BrClFN3/c1-16-6-10-17-12(13)11(18(10)2)8-5-7(14)3-4-9(8)15/h3-5,16H,6H2,1-2H3. The van der Waals surface area contributed by atoms with Crippen molar-refractivity contribution < 1.29 is 4.39 Å². The van der Waals surface area contributed by atoms with Crippen molar-refractivity contribution >= 4 is 27.5 Å². The first-order chi connectivity index (χ1) is 8.54. The van der Waals surface area contributed by atoms with Gasteiger partial charge in [-0.1, -0.05) is 11.6 Å². The van der Waals surface area contributed by atoms with Gasteiger partial charge in [0.1, 0.15) is 16.2 Å². The summed E-state index contributed by atoms with van der Waals surface area (Å²) >= 11 is 9.28. The Morgan fingerprint density at radius 3 is 2.89 bits per heavy atom. The minimum Gasteiger partial charge on any atom is -0.329 e. The van der Waals surface area contributed by atoms with Crippen LogP contribution in [0.5, 0.6) is 0 Å². The van der Waals surface area contributed by atoms with Gasteiger partial charge in [0.2, 0.25) is 0 Å². The first-order valence-electron chi connectivity index (χ1n) is 5.35. The van der Waals surface area contributed by atoms with Crippen LogP contribution in [-0.2, 0) is 13.6 Å². The van der Waals surface area contributed by atoms with Gasteiger partial charge in [0.15, 0.2) is 0 Å². The van der Waals surface area contributed by atoms with Crippen molar-refractivity contribution in [1.29, 1.82) is 0 Å². The molecular formula is C12H12BrClFN3. The van der Waals surface area contributed by atoms with Crippen molar-refractivity contribution in [2.45, 2.75) is 6.54 Å². The van der Waals surface area contributed by atoms with Crippen molar-refractivity contribution in [2.24, 2.45) is 7.05 Å². The average Bonchev–Trinajstić information content (AvgIpc) is 2.59. The summed E-state index contributed by atoms with van der Waals surface area (Å²) in [6, 6.07) is 4.48. The second-order valence-electron chi connectivity index (χ2n) is 3.88. The van der Waals surface area contributed by atoms with E-state index in [-0.39, 0.29) is 5.82 Å². The summed E-state index contributed by atoms with van der Waals surface area (Å²) in [5.74, 6) is 0.498. The van der Waals surface area contributed by atoms with E-state index >= 15 is 0 Å². The Morgan fingerprint density at radius 1 is 1.50 bits per heavy atom. The van der Waals surface area contributed by atoms with E-state index in [0.29, 0.717) is 27.4 Å². The fraction of sp³-hybridized carbons (Fsp3) is 0.250. The largest absolute Gasteiger partial charge is 0.329 e. The molecule has 0 aliphatic carbocycles. The highest BCUT2D eigenvalue weighted by molar-refractivity contribution is 9.10. The fourth-order valence-electron chi connectivity index (χ4n) is 1.80. The third-order valence-corrected chi connectivity index (χ3v) is 3.45. The highest BCUT2D eigenvalue weighted by atomic mass is 79.9. The molecule has 0 fully saturated rings. The molecule has 2 rings (SSSR count). The molecule has 18 heavy (non-hydrogen) atoms. The summed E-state index contributed by atoms with van der Waals surface area (Å²) in [6.07, 6.45) is 0. The fourth-order valence-corrected chi connectivity index (χ4v) is 2.65. The van der Waals surface area contributed by atoms with E-state index in [1.165, 1.54) is 12.1 Å². The predicted octanol–water partition coefficient (Wildman–Crippen LogP) is 3.36. The van der Waals surface area contributed by atoms with Gasteiger partial charge in [0.25, 0.3) is 0 Å². The monoisotopic (exact) mass is 331 g/mol. The van der Waals surface area contributed by atoms with Crippen LogP contribution in [0.3, 0.4) is 0 Å². The molecule has 0 atom stereocenters. The van der Waals surface area contributed by atoms with Gasteiger partial charge < -0.3 is 9.88 Å². The molecule has 0 radical (unpaired) electrons. The lowest BCUT2D eigenvalue weighted by atomic mass is 10.1. The molecule has 0 unspecified atom stereocenters. The first kappa shape index (κ1) is 13.5. The SMILES string of the molecule is CNCc1nc(Br)c(-c2cc(Cl)ccc2F)n1C. The molecule has 3 nitrogen and oxygen atoms in total. The average molecular weight is 333 g/mol. The van der Waals surface area contributed by atoms with Crippen LogP contribution in [0.1, 0.15) is 5.82 Å². The zero-order valence-electron chi connectivity index (χ0n) is 9.97. The molecule has 1 N–H and O–H groups in total. The van der Waals surface area contributed by atoms with Crippen LogP contribution in [0, 0.1) is 5.82 Å². The Balaban J connectivity index is 2.60. The summed E-state index contributed by atoms with van der Waals surface area (Å²) in [7, 11) is 3.68. The number of nitrogens with zero attached hydrogens (tertiary/aromatic N) is 2. The third-order valence-electron chi connectivity index (χ3n) is 2.66. The van der Waals surface area contributed by atoms with E-state index in [2.05, 4.69) is 26.2 Å². The number of hydrogen-bond donors (Lipinski definition) is 1. The molecule has 0 spiro atoms. The molecule has 0 aliphatic heterocycles. The molecular weight excluding hydrogens is 321 g/mol. The molecule has 0 saturated carbocycles. The van der Waals surface area contributed by atoms with E-state index in [0.717, 1.165) is 5.82 Å². The van der Waals surface area contributed by atoms with Gasteiger partial charge in [0, 0.05) is 17.6 Å². The quantitative estimate of drug-likeness (QED) is 0.934. The molecule has 6 heteroatoms. The number of halogens is 3. The highest BCUT2D eigenvalue weighted by Crippen LogP contribution is 2.32. The Morgan fingerprint density at radius 2 is 2.22 bits per heavy atom. The third kappa shape index (κ3) is 2.43. The Labute approximate surface area is 118 Å². The van der Waals surface area contributed by atoms with Crippen LogP contribution in [0.15, 0.2) is 22.8 Å². The van der Waals surface area contributed by atoms with Crippen LogP contribution in [0.25, 0.3) is 11.3 Å². The predicted molar refractivity (Wildman–Crippen MR) is 74.1 cm³/mol. The number of nitrogens with one attached hydrogen (secondary N) is 1. The first-order valence-corrected chi connectivity index (χ1v) is 6.52. The summed E-state index contributed by atoms with van der Waals surface area (Å²) in [4.78, 5) is 4.35. The van der Waals surface area contributed by atoms with E-state index in [4.69, 9.17) is 11.6 Å². The molecule has 1 heterocycles. The number of benzene rings is 1. The summed E-state index contributed by atoms with van der Waals surface area (Å²) in [5, 5.41) is 3.51. The smallest absolute Gasteiger partial charge is 0.132 e. The zero-order valence-corrected chi connectivity index (χ0v) is 12.3. The number of rotatable bonds is 3. The Hall–Kier alpha value is -0.910. The summed E-state index contributed by atoms with van der Waals surface area (Å²) < 4.78 is 16.3. The lowest BCUT2D eigenvalue weighted by Crippen LogP contribution is -2.10. The minimum absolute atomic E-state index is 0.320. The molecule has 0 saturated heterocycles. The molecule has 2 aromatic rings. The number of hydrogen-bond acceptors (Lipinski definition) is 2. The lowest BCUT2D eigenvalue weighted by molar-refractivity contribution is 0.628. The van der Waals surface area contributed by atoms with Crippen LogP contribution in [0.2, 0.25) is 5.02 Å². The highest BCUT2D eigenvalue weighted by Gasteiger charge is 2.17. The van der Waals surface area contributed by atoms with Gasteiger partial charge >= 0.3 is 0 Å². The number of aromatic nitrogens is 2. The number of imidazole rings is 1. The van der Waals surface area contributed by atoms with Gasteiger partial charge in [-0.25, -0.2) is 9.37 Å². The molecule has 0 aliphatic rings. The molecule has 0 bridgehead atoms. The van der Waals surface area contributed by atoms with Crippen molar-refractivity contribution in [3.8, 4) is 11.3 Å². The van der Waals surface area contributed by atoms with E-state index in [1.807, 2.05) is 18.7 Å². The van der Waals surface area contributed by atoms with Crippen LogP contribution in [-0.4, -0.2) is 16.6 Å². The molecule has 1 aromatic carbocycles. The molecule has 96 valence electrons. The van der Waals surface area contributed by atoms with Gasteiger partial charge in [-0.05, 0) is 41.2 Å². The molecule has 0 amide bonds. The normalized spacial score (nSPS) is 10.9. The second kappa shape index (κ2) is 5.38. The second-order valence-corrected chi connectivity index (χ2v) is 5.07. The van der Waals surface area contributed by atoms with Crippen molar-refractivity contribution in [1.82, 2.24) is 14.9 Å². The summed E-state index contributed by atoms with van der Waals surface area (Å²) in [6.45, 7) is 0.608. The van der Waals surface area contributed by atoms with Crippen LogP contribution >= 0.6 is 27.5 Å². The maximum Gasteiger partial charge on any atom is 0.132 e. The Bertz CT molecular complexity index is 583. The van der Waals surface area contributed by atoms with Gasteiger partial charge in [-0.2, -0.15) is 0 Å². The molecule has 1 aromatic heterocycles. The van der Waals surface area contributed by atoms with Crippen LogP contribution in [0.4, 0.5) is 4.39 Å². The van der Waals surface area contributed by atoms with Crippen molar-refractivity contribution in [2.75, 3.05) is 7.05 Å². The van der Waals surface area contributed by atoms with Gasteiger partial charge in [-0.15, -0.1) is 0 Å². The van der Waals surface area contributed by atoms with Crippen molar-refractivity contribution in [3.63, 3.8) is 0 Å². The minimum atomic E-state index is -0.320. The summed E-state index contributed by atoms with van der Waals surface area (Å²) in [5.41, 5.74) is 1.12.